The highest BCUT2D eigenvalue weighted by atomic mass is 35.5. The highest BCUT2D eigenvalue weighted by Crippen LogP contribution is 2.24. The van der Waals surface area contributed by atoms with Crippen molar-refractivity contribution in [2.24, 2.45) is 0 Å². The Bertz CT molecular complexity index is 488. The lowest BCUT2D eigenvalue weighted by atomic mass is 10.3. The van der Waals surface area contributed by atoms with Crippen molar-refractivity contribution < 1.29 is 8.42 Å². The van der Waals surface area contributed by atoms with Crippen LogP contribution in [0.5, 0.6) is 0 Å². The quantitative estimate of drug-likeness (QED) is 0.840. The average Bonchev–Trinajstić information content (AvgIpc) is 2.29. The van der Waals surface area contributed by atoms with E-state index in [0.717, 1.165) is 6.42 Å². The van der Waals surface area contributed by atoms with Crippen LogP contribution in [0.3, 0.4) is 0 Å². The van der Waals surface area contributed by atoms with Gasteiger partial charge in [0.1, 0.15) is 0 Å². The summed E-state index contributed by atoms with van der Waals surface area (Å²) in [6.45, 7) is 4.70. The molecule has 96 valence electrons. The molecule has 17 heavy (non-hydrogen) atoms. The summed E-state index contributed by atoms with van der Waals surface area (Å²) in [6.07, 6.45) is 0.774. The molecule has 0 saturated heterocycles. The summed E-state index contributed by atoms with van der Waals surface area (Å²) in [5, 5.41) is 0.363. The molecule has 1 rings (SSSR count). The lowest BCUT2D eigenvalue weighted by Crippen LogP contribution is -2.31. The average molecular weight is 277 g/mol. The predicted molar refractivity (Wildman–Crippen MR) is 70.6 cm³/mol. The van der Waals surface area contributed by atoms with Gasteiger partial charge in [-0.05, 0) is 24.6 Å². The fraction of sp³-hybridized carbons (Fsp3) is 0.455. The summed E-state index contributed by atoms with van der Waals surface area (Å²) in [5.74, 6) is 0. The number of halogens is 1. The van der Waals surface area contributed by atoms with Gasteiger partial charge in [-0.2, -0.15) is 4.31 Å². The van der Waals surface area contributed by atoms with Crippen molar-refractivity contribution in [3.63, 3.8) is 0 Å². The summed E-state index contributed by atoms with van der Waals surface area (Å²) in [4.78, 5) is 0.190. The van der Waals surface area contributed by atoms with Crippen molar-refractivity contribution in [3.8, 4) is 0 Å². The van der Waals surface area contributed by atoms with Gasteiger partial charge in [0, 0.05) is 13.1 Å². The van der Waals surface area contributed by atoms with Crippen molar-refractivity contribution in [2.75, 3.05) is 18.8 Å². The molecule has 0 heterocycles. The van der Waals surface area contributed by atoms with Gasteiger partial charge in [0.15, 0.2) is 0 Å². The van der Waals surface area contributed by atoms with E-state index in [1.54, 1.807) is 0 Å². The first-order valence-corrected chi connectivity index (χ1v) is 7.30. The second kappa shape index (κ2) is 5.71. The van der Waals surface area contributed by atoms with E-state index in [2.05, 4.69) is 0 Å². The van der Waals surface area contributed by atoms with Crippen LogP contribution in [0.15, 0.2) is 23.1 Å². The molecule has 0 bridgehead atoms. The molecule has 0 saturated carbocycles. The van der Waals surface area contributed by atoms with Crippen LogP contribution in [0.4, 0.5) is 5.69 Å². The molecule has 0 spiro atoms. The minimum absolute atomic E-state index is 0.190. The summed E-state index contributed by atoms with van der Waals surface area (Å²) in [7, 11) is -3.46. The zero-order valence-corrected chi connectivity index (χ0v) is 11.6. The van der Waals surface area contributed by atoms with Crippen LogP contribution >= 0.6 is 11.6 Å². The lowest BCUT2D eigenvalue weighted by molar-refractivity contribution is 0.427. The topological polar surface area (TPSA) is 63.4 Å². The maximum absolute atomic E-state index is 12.2. The monoisotopic (exact) mass is 276 g/mol. The third-order valence-electron chi connectivity index (χ3n) is 2.43. The third kappa shape index (κ3) is 3.12. The van der Waals surface area contributed by atoms with Crippen LogP contribution in [-0.4, -0.2) is 25.8 Å². The number of nitrogens with zero attached hydrogens (tertiary/aromatic N) is 1. The number of nitrogens with two attached hydrogens (primary N) is 1. The highest BCUT2D eigenvalue weighted by molar-refractivity contribution is 7.89. The van der Waals surface area contributed by atoms with Crippen LogP contribution in [0, 0.1) is 0 Å². The minimum Gasteiger partial charge on any atom is -0.397 e. The van der Waals surface area contributed by atoms with Crippen molar-refractivity contribution in [2.45, 2.75) is 25.2 Å². The molecular formula is C11H17ClN2O2S. The Hall–Kier alpha value is -0.780. The van der Waals surface area contributed by atoms with Gasteiger partial charge in [0.2, 0.25) is 10.0 Å². The number of sulfonamides is 1. The standard InChI is InChI=1S/C11H17ClN2O2S/c1-3-7-14(4-2)17(15,16)9-5-6-10(12)11(13)8-9/h5-6,8H,3-4,7,13H2,1-2H3. The van der Waals surface area contributed by atoms with Crippen molar-refractivity contribution in [1.29, 1.82) is 0 Å². The van der Waals surface area contributed by atoms with E-state index < -0.39 is 10.0 Å². The molecule has 0 atom stereocenters. The fourth-order valence-corrected chi connectivity index (χ4v) is 3.22. The molecule has 0 radical (unpaired) electrons. The van der Waals surface area contributed by atoms with Crippen molar-refractivity contribution in [3.05, 3.63) is 23.2 Å². The fourth-order valence-electron chi connectivity index (χ4n) is 1.53. The first-order chi connectivity index (χ1) is 7.93. The molecule has 0 aliphatic heterocycles. The number of rotatable bonds is 5. The molecule has 1 aromatic rings. The first kappa shape index (κ1) is 14.3. The predicted octanol–water partition coefficient (Wildman–Crippen LogP) is 2.34. The zero-order chi connectivity index (χ0) is 13.1. The molecule has 0 aliphatic rings. The number of hydrogen-bond donors (Lipinski definition) is 1. The Kier molecular flexibility index (Phi) is 4.80. The molecule has 0 unspecified atom stereocenters. The van der Waals surface area contributed by atoms with Crippen LogP contribution in [0.25, 0.3) is 0 Å². The van der Waals surface area contributed by atoms with E-state index in [0.29, 0.717) is 18.1 Å². The van der Waals surface area contributed by atoms with Crippen LogP contribution in [-0.2, 0) is 10.0 Å². The second-order valence-electron chi connectivity index (χ2n) is 3.68. The number of anilines is 1. The maximum atomic E-state index is 12.2. The van der Waals surface area contributed by atoms with Crippen molar-refractivity contribution in [1.82, 2.24) is 4.31 Å². The number of benzene rings is 1. The number of hydrogen-bond acceptors (Lipinski definition) is 3. The molecule has 6 heteroatoms. The molecular weight excluding hydrogens is 260 g/mol. The van der Waals surface area contributed by atoms with E-state index in [1.807, 2.05) is 13.8 Å². The first-order valence-electron chi connectivity index (χ1n) is 5.48. The Morgan fingerprint density at radius 1 is 1.35 bits per heavy atom. The molecule has 0 aliphatic carbocycles. The Morgan fingerprint density at radius 3 is 2.47 bits per heavy atom. The molecule has 2 N–H and O–H groups in total. The largest absolute Gasteiger partial charge is 0.397 e. The summed E-state index contributed by atoms with van der Waals surface area (Å²) >= 11 is 5.77. The Labute approximate surface area is 107 Å². The number of nitrogen functional groups attached to an aromatic ring is 1. The van der Waals surface area contributed by atoms with E-state index in [1.165, 1.54) is 22.5 Å². The highest BCUT2D eigenvalue weighted by Gasteiger charge is 2.22. The Balaban J connectivity index is 3.15. The molecule has 0 amide bonds. The van der Waals surface area contributed by atoms with Crippen LogP contribution in [0.1, 0.15) is 20.3 Å². The molecule has 1 aromatic carbocycles. The van der Waals surface area contributed by atoms with Gasteiger partial charge in [-0.1, -0.05) is 25.4 Å². The van der Waals surface area contributed by atoms with Gasteiger partial charge in [0.05, 0.1) is 15.6 Å². The molecule has 4 nitrogen and oxygen atoms in total. The summed E-state index contributed by atoms with van der Waals surface area (Å²) < 4.78 is 25.9. The minimum atomic E-state index is -3.46. The van der Waals surface area contributed by atoms with E-state index in [4.69, 9.17) is 17.3 Å². The Morgan fingerprint density at radius 2 is 2.00 bits per heavy atom. The van der Waals surface area contributed by atoms with Gasteiger partial charge in [-0.25, -0.2) is 8.42 Å². The normalized spacial score (nSPS) is 12.0. The van der Waals surface area contributed by atoms with E-state index in [9.17, 15) is 8.42 Å². The summed E-state index contributed by atoms with van der Waals surface area (Å²) in [6, 6.07) is 4.38. The van der Waals surface area contributed by atoms with Crippen LogP contribution < -0.4 is 5.73 Å². The SMILES string of the molecule is CCCN(CC)S(=O)(=O)c1ccc(Cl)c(N)c1. The van der Waals surface area contributed by atoms with Gasteiger partial charge in [0.25, 0.3) is 0 Å². The molecule has 0 aromatic heterocycles. The second-order valence-corrected chi connectivity index (χ2v) is 6.03. The van der Waals surface area contributed by atoms with Crippen molar-refractivity contribution >= 4 is 27.3 Å². The van der Waals surface area contributed by atoms with Gasteiger partial charge < -0.3 is 5.73 Å². The smallest absolute Gasteiger partial charge is 0.243 e. The lowest BCUT2D eigenvalue weighted by Gasteiger charge is -2.20. The third-order valence-corrected chi connectivity index (χ3v) is 4.75. The van der Waals surface area contributed by atoms with E-state index in [-0.39, 0.29) is 10.6 Å². The van der Waals surface area contributed by atoms with Gasteiger partial charge >= 0.3 is 0 Å². The zero-order valence-electron chi connectivity index (χ0n) is 9.98. The maximum Gasteiger partial charge on any atom is 0.243 e. The van der Waals surface area contributed by atoms with Gasteiger partial charge in [-0.3, -0.25) is 0 Å². The van der Waals surface area contributed by atoms with E-state index >= 15 is 0 Å². The summed E-state index contributed by atoms with van der Waals surface area (Å²) in [5.41, 5.74) is 5.90. The van der Waals surface area contributed by atoms with Crippen LogP contribution in [0.2, 0.25) is 5.02 Å². The molecule has 0 fully saturated rings. The van der Waals surface area contributed by atoms with Gasteiger partial charge in [-0.15, -0.1) is 0 Å².